The van der Waals surface area contributed by atoms with Crippen molar-refractivity contribution < 1.29 is 19.1 Å². The number of para-hydroxylation sites is 1. The van der Waals surface area contributed by atoms with Crippen LogP contribution in [0.4, 0.5) is 10.5 Å². The molecule has 0 unspecified atom stereocenters. The number of hydrogen-bond acceptors (Lipinski definition) is 4. The molecule has 0 saturated heterocycles. The van der Waals surface area contributed by atoms with Crippen molar-refractivity contribution in [2.45, 2.75) is 52.2 Å². The van der Waals surface area contributed by atoms with Gasteiger partial charge in [-0.15, -0.1) is 0 Å². The van der Waals surface area contributed by atoms with E-state index >= 15 is 0 Å². The Labute approximate surface area is 193 Å². The lowest BCUT2D eigenvalue weighted by Crippen LogP contribution is -2.35. The summed E-state index contributed by atoms with van der Waals surface area (Å²) in [6, 6.07) is 14.7. The maximum absolute atomic E-state index is 12.4. The van der Waals surface area contributed by atoms with Gasteiger partial charge in [-0.1, -0.05) is 41.9 Å². The molecule has 0 fully saturated rings. The Morgan fingerprint density at radius 2 is 1.69 bits per heavy atom. The smallest absolute Gasteiger partial charge is 0.407 e. The molecule has 0 atom stereocenters. The van der Waals surface area contributed by atoms with Crippen molar-refractivity contribution in [3.63, 3.8) is 0 Å². The van der Waals surface area contributed by atoms with Crippen molar-refractivity contribution in [1.29, 1.82) is 0 Å². The van der Waals surface area contributed by atoms with Crippen molar-refractivity contribution >= 4 is 35.2 Å². The van der Waals surface area contributed by atoms with Crippen LogP contribution in [0.5, 0.6) is 0 Å². The van der Waals surface area contributed by atoms with Crippen molar-refractivity contribution in [3.05, 3.63) is 64.7 Å². The summed E-state index contributed by atoms with van der Waals surface area (Å²) in [5.41, 5.74) is 1.84. The molecule has 3 amide bonds. The summed E-state index contributed by atoms with van der Waals surface area (Å²) in [4.78, 5) is 36.1. The Bertz CT molecular complexity index is 941. The fraction of sp³-hybridized carbons (Fsp3) is 0.375. The molecule has 2 aromatic rings. The number of benzene rings is 2. The summed E-state index contributed by atoms with van der Waals surface area (Å²) < 4.78 is 5.13. The third-order valence-electron chi connectivity index (χ3n) is 4.32. The van der Waals surface area contributed by atoms with Gasteiger partial charge in [-0.3, -0.25) is 9.59 Å². The molecule has 0 aromatic heterocycles. The summed E-state index contributed by atoms with van der Waals surface area (Å²) in [6.07, 6.45) is 0.455. The summed E-state index contributed by atoms with van der Waals surface area (Å²) in [7, 11) is 0. The highest BCUT2D eigenvalue weighted by atomic mass is 35.5. The lowest BCUT2D eigenvalue weighted by atomic mass is 10.1. The first-order valence-corrected chi connectivity index (χ1v) is 10.9. The van der Waals surface area contributed by atoms with Gasteiger partial charge in [-0.05, 0) is 56.5 Å². The fourth-order valence-electron chi connectivity index (χ4n) is 2.83. The molecule has 0 heterocycles. The highest BCUT2D eigenvalue weighted by Crippen LogP contribution is 2.16. The van der Waals surface area contributed by atoms with Crippen molar-refractivity contribution in [1.82, 2.24) is 10.6 Å². The van der Waals surface area contributed by atoms with E-state index in [1.807, 2.05) is 36.4 Å². The van der Waals surface area contributed by atoms with E-state index in [1.54, 1.807) is 32.9 Å². The van der Waals surface area contributed by atoms with Gasteiger partial charge < -0.3 is 20.7 Å². The van der Waals surface area contributed by atoms with Gasteiger partial charge in [0.15, 0.2) is 0 Å². The molecule has 2 rings (SSSR count). The number of carbonyl (C=O) groups is 3. The van der Waals surface area contributed by atoms with Crippen LogP contribution in [0.3, 0.4) is 0 Å². The Hall–Kier alpha value is -3.06. The van der Waals surface area contributed by atoms with Crippen LogP contribution < -0.4 is 16.0 Å². The van der Waals surface area contributed by atoms with Gasteiger partial charge in [0, 0.05) is 36.6 Å². The molecule has 0 spiro atoms. The van der Waals surface area contributed by atoms with E-state index in [2.05, 4.69) is 16.0 Å². The predicted octanol–water partition coefficient (Wildman–Crippen LogP) is 4.44. The van der Waals surface area contributed by atoms with E-state index in [0.717, 1.165) is 11.1 Å². The molecule has 8 heteroatoms. The molecule has 32 heavy (non-hydrogen) atoms. The Morgan fingerprint density at radius 1 is 0.938 bits per heavy atom. The topological polar surface area (TPSA) is 96.5 Å². The molecule has 0 saturated carbocycles. The number of anilines is 1. The Morgan fingerprint density at radius 3 is 2.41 bits per heavy atom. The second-order valence-corrected chi connectivity index (χ2v) is 8.73. The first-order valence-electron chi connectivity index (χ1n) is 10.5. The number of nitrogens with one attached hydrogen (secondary N) is 3. The van der Waals surface area contributed by atoms with Crippen molar-refractivity contribution in [2.24, 2.45) is 0 Å². The van der Waals surface area contributed by atoms with Gasteiger partial charge in [-0.2, -0.15) is 0 Å². The minimum absolute atomic E-state index is 0.118. The second kappa shape index (κ2) is 12.1. The monoisotopic (exact) mass is 459 g/mol. The standard InChI is InChI=1S/C24H30ClN3O4/c1-24(2,3)32-23(31)26-14-13-21(29)27-16-18-8-4-5-10-20(18)28-22(30)12-11-17-7-6-9-19(25)15-17/h4-10,15H,11-14,16H2,1-3H3,(H,26,31)(H,27,29)(H,28,30). The van der Waals surface area contributed by atoms with E-state index in [4.69, 9.17) is 16.3 Å². The number of alkyl carbamates (subject to hydrolysis) is 1. The average Bonchev–Trinajstić information content (AvgIpc) is 2.70. The van der Waals surface area contributed by atoms with Crippen LogP contribution in [-0.4, -0.2) is 30.1 Å². The summed E-state index contributed by atoms with van der Waals surface area (Å²) >= 11 is 5.98. The van der Waals surface area contributed by atoms with E-state index in [-0.39, 0.29) is 31.3 Å². The normalized spacial score (nSPS) is 10.9. The first kappa shape index (κ1) is 25.2. The molecule has 2 aromatic carbocycles. The molecule has 3 N–H and O–H groups in total. The average molecular weight is 460 g/mol. The minimum atomic E-state index is -0.589. The summed E-state index contributed by atoms with van der Waals surface area (Å²) in [5.74, 6) is -0.339. The van der Waals surface area contributed by atoms with Crippen LogP contribution in [0, 0.1) is 0 Å². The number of aryl methyl sites for hydroxylation is 1. The largest absolute Gasteiger partial charge is 0.444 e. The summed E-state index contributed by atoms with van der Waals surface area (Å²) in [5, 5.41) is 8.90. The minimum Gasteiger partial charge on any atom is -0.444 e. The van der Waals surface area contributed by atoms with E-state index < -0.39 is 11.7 Å². The maximum Gasteiger partial charge on any atom is 0.407 e. The van der Waals surface area contributed by atoms with E-state index in [9.17, 15) is 14.4 Å². The van der Waals surface area contributed by atoms with Gasteiger partial charge in [0.1, 0.15) is 5.60 Å². The molecule has 0 radical (unpaired) electrons. The van der Waals surface area contributed by atoms with Crippen molar-refractivity contribution in [3.8, 4) is 0 Å². The number of hydrogen-bond donors (Lipinski definition) is 3. The second-order valence-electron chi connectivity index (χ2n) is 8.29. The van der Waals surface area contributed by atoms with Crippen LogP contribution >= 0.6 is 11.6 Å². The molecular weight excluding hydrogens is 430 g/mol. The third-order valence-corrected chi connectivity index (χ3v) is 4.55. The molecule has 172 valence electrons. The molecular formula is C24H30ClN3O4. The van der Waals surface area contributed by atoms with Crippen molar-refractivity contribution in [2.75, 3.05) is 11.9 Å². The Balaban J connectivity index is 1.78. The molecule has 0 bridgehead atoms. The van der Waals surface area contributed by atoms with Gasteiger partial charge in [0.05, 0.1) is 0 Å². The van der Waals surface area contributed by atoms with Gasteiger partial charge in [0.2, 0.25) is 11.8 Å². The van der Waals surface area contributed by atoms with Gasteiger partial charge in [-0.25, -0.2) is 4.79 Å². The third kappa shape index (κ3) is 9.83. The quantitative estimate of drug-likeness (QED) is 0.516. The first-order chi connectivity index (χ1) is 15.1. The lowest BCUT2D eigenvalue weighted by molar-refractivity contribution is -0.121. The zero-order chi connectivity index (χ0) is 23.6. The lowest BCUT2D eigenvalue weighted by Gasteiger charge is -2.19. The molecule has 0 aliphatic heterocycles. The number of carbonyl (C=O) groups excluding carboxylic acids is 3. The highest BCUT2D eigenvalue weighted by Gasteiger charge is 2.16. The van der Waals surface area contributed by atoms with E-state index in [0.29, 0.717) is 23.6 Å². The SMILES string of the molecule is CC(C)(C)OC(=O)NCCC(=O)NCc1ccccc1NC(=O)CCc1cccc(Cl)c1. The van der Waals surface area contributed by atoms with Gasteiger partial charge in [0.25, 0.3) is 0 Å². The molecule has 7 nitrogen and oxygen atoms in total. The summed E-state index contributed by atoms with van der Waals surface area (Å²) in [6.45, 7) is 5.74. The van der Waals surface area contributed by atoms with Crippen LogP contribution in [0.15, 0.2) is 48.5 Å². The predicted molar refractivity (Wildman–Crippen MR) is 126 cm³/mol. The van der Waals surface area contributed by atoms with Crippen LogP contribution in [0.25, 0.3) is 0 Å². The number of amides is 3. The number of rotatable bonds is 9. The molecule has 0 aliphatic rings. The molecule has 0 aliphatic carbocycles. The van der Waals surface area contributed by atoms with Crippen LogP contribution in [0.2, 0.25) is 5.02 Å². The maximum atomic E-state index is 12.4. The number of halogens is 1. The van der Waals surface area contributed by atoms with Crippen LogP contribution in [-0.2, 0) is 27.3 Å². The zero-order valence-corrected chi connectivity index (χ0v) is 19.4. The Kier molecular flexibility index (Phi) is 9.53. The fourth-order valence-corrected chi connectivity index (χ4v) is 3.05. The highest BCUT2D eigenvalue weighted by molar-refractivity contribution is 6.30. The van der Waals surface area contributed by atoms with Gasteiger partial charge >= 0.3 is 6.09 Å². The van der Waals surface area contributed by atoms with Crippen LogP contribution in [0.1, 0.15) is 44.7 Å². The zero-order valence-electron chi connectivity index (χ0n) is 18.7. The van der Waals surface area contributed by atoms with E-state index in [1.165, 1.54) is 0 Å². The number of ether oxygens (including phenoxy) is 1.